The minimum atomic E-state index is -0.609. The monoisotopic (exact) mass is 543 g/mol. The molecule has 0 aliphatic heterocycles. The van der Waals surface area contributed by atoms with Gasteiger partial charge in [-0.25, -0.2) is 4.79 Å². The third-order valence-electron chi connectivity index (χ3n) is 6.26. The van der Waals surface area contributed by atoms with Gasteiger partial charge in [0.2, 0.25) is 5.71 Å². The molecule has 0 atom stereocenters. The van der Waals surface area contributed by atoms with Crippen LogP contribution < -0.4 is 5.56 Å². The van der Waals surface area contributed by atoms with E-state index < -0.39 is 11.5 Å². The predicted molar refractivity (Wildman–Crippen MR) is 150 cm³/mol. The molecule has 3 heterocycles. The maximum atomic E-state index is 12.9. The highest BCUT2D eigenvalue weighted by atomic mass is 32.2. The summed E-state index contributed by atoms with van der Waals surface area (Å²) in [7, 11) is 0. The molecular formula is C29H29N5O4S. The molecule has 10 heteroatoms. The highest BCUT2D eigenvalue weighted by Gasteiger charge is 2.24. The van der Waals surface area contributed by atoms with Crippen molar-refractivity contribution in [1.82, 2.24) is 24.7 Å². The summed E-state index contributed by atoms with van der Waals surface area (Å²) >= 11 is 1.38. The lowest BCUT2D eigenvalue weighted by molar-refractivity contribution is 0.0526. The fourth-order valence-electron chi connectivity index (χ4n) is 4.29. The average Bonchev–Trinajstić information content (AvgIpc) is 3.48. The molecule has 2 aromatic carbocycles. The van der Waals surface area contributed by atoms with Gasteiger partial charge in [0, 0.05) is 11.3 Å². The van der Waals surface area contributed by atoms with Crippen LogP contribution in [0.2, 0.25) is 0 Å². The van der Waals surface area contributed by atoms with Gasteiger partial charge >= 0.3 is 5.97 Å². The van der Waals surface area contributed by atoms with Crippen molar-refractivity contribution in [2.45, 2.75) is 50.9 Å². The average molecular weight is 544 g/mol. The van der Waals surface area contributed by atoms with Crippen LogP contribution in [0.3, 0.4) is 0 Å². The van der Waals surface area contributed by atoms with Crippen LogP contribution >= 0.6 is 11.8 Å². The van der Waals surface area contributed by atoms with Crippen molar-refractivity contribution in [2.24, 2.45) is 0 Å². The van der Waals surface area contributed by atoms with Gasteiger partial charge < -0.3 is 14.1 Å². The maximum Gasteiger partial charge on any atom is 0.342 e. The number of aryl methyl sites for hydroxylation is 1. The Balaban J connectivity index is 1.49. The molecule has 3 aromatic heterocycles. The number of ether oxygens (including phenoxy) is 1. The van der Waals surface area contributed by atoms with Crippen molar-refractivity contribution in [1.29, 1.82) is 0 Å². The first-order valence-corrected chi connectivity index (χ1v) is 13.6. The van der Waals surface area contributed by atoms with Crippen molar-refractivity contribution in [2.75, 3.05) is 6.61 Å². The lowest BCUT2D eigenvalue weighted by atomic mass is 9.87. The van der Waals surface area contributed by atoms with Crippen molar-refractivity contribution < 1.29 is 13.9 Å². The van der Waals surface area contributed by atoms with Crippen LogP contribution in [0.1, 0.15) is 55.2 Å². The number of furan rings is 1. The van der Waals surface area contributed by atoms with Gasteiger partial charge in [-0.3, -0.25) is 9.36 Å². The van der Waals surface area contributed by atoms with Crippen LogP contribution in [0, 0.1) is 6.92 Å². The van der Waals surface area contributed by atoms with E-state index in [1.165, 1.54) is 17.3 Å². The lowest BCUT2D eigenvalue weighted by Gasteiger charge is -2.19. The largest absolute Gasteiger partial charge is 0.462 e. The van der Waals surface area contributed by atoms with Gasteiger partial charge in [0.1, 0.15) is 22.5 Å². The Hall–Kier alpha value is -4.18. The van der Waals surface area contributed by atoms with E-state index >= 15 is 0 Å². The summed E-state index contributed by atoms with van der Waals surface area (Å²) in [6.07, 6.45) is 0. The molecule has 5 rings (SSSR count). The molecule has 0 unspecified atom stereocenters. The number of fused-ring (bicyclic) bond motifs is 1. The van der Waals surface area contributed by atoms with E-state index in [1.54, 1.807) is 13.8 Å². The molecule has 0 bridgehead atoms. The molecule has 5 aromatic rings. The molecule has 0 spiro atoms. The van der Waals surface area contributed by atoms with Crippen molar-refractivity contribution in [3.8, 4) is 17.1 Å². The second-order valence-electron chi connectivity index (χ2n) is 10.0. The number of carbonyl (C=O) groups is 1. The molecule has 0 saturated heterocycles. The van der Waals surface area contributed by atoms with Gasteiger partial charge in [-0.1, -0.05) is 75.0 Å². The number of para-hydroxylation sites is 1. The van der Waals surface area contributed by atoms with Crippen molar-refractivity contribution in [3.63, 3.8) is 0 Å². The van der Waals surface area contributed by atoms with E-state index in [0.717, 1.165) is 11.3 Å². The Bertz CT molecular complexity index is 1700. The standard InChI is InChI=1S/C29H29N5O4S/c1-6-37-27(36)22-17(2)38-26-23(22)25(35)30-21(31-26)16-39-28-33-32-24(34(28)20-10-8-7-9-11-20)18-12-14-19(15-13-18)29(3,4)5/h7-15H,6,16H2,1-5H3,(H,30,31,35). The predicted octanol–water partition coefficient (Wildman–Crippen LogP) is 5.84. The fourth-order valence-corrected chi connectivity index (χ4v) is 5.12. The van der Waals surface area contributed by atoms with E-state index in [0.29, 0.717) is 22.6 Å². The van der Waals surface area contributed by atoms with E-state index in [9.17, 15) is 9.59 Å². The lowest BCUT2D eigenvalue weighted by Crippen LogP contribution is -2.14. The quantitative estimate of drug-likeness (QED) is 0.201. The fraction of sp³-hybridized carbons (Fsp3) is 0.276. The zero-order valence-electron chi connectivity index (χ0n) is 22.4. The van der Waals surface area contributed by atoms with Gasteiger partial charge in [0.05, 0.1) is 12.4 Å². The summed E-state index contributed by atoms with van der Waals surface area (Å²) in [5.41, 5.74) is 2.87. The minimum absolute atomic E-state index is 0.0429. The number of rotatable bonds is 7. The minimum Gasteiger partial charge on any atom is -0.462 e. The third kappa shape index (κ3) is 5.24. The number of aromatic amines is 1. The van der Waals surface area contributed by atoms with Gasteiger partial charge in [-0.2, -0.15) is 4.98 Å². The first-order valence-electron chi connectivity index (χ1n) is 12.6. The number of carbonyl (C=O) groups excluding carboxylic acids is 1. The Morgan fingerprint density at radius 1 is 1.08 bits per heavy atom. The van der Waals surface area contributed by atoms with Crippen molar-refractivity contribution in [3.05, 3.63) is 87.7 Å². The molecule has 9 nitrogen and oxygen atoms in total. The maximum absolute atomic E-state index is 12.9. The number of hydrogen-bond acceptors (Lipinski definition) is 8. The molecule has 0 amide bonds. The number of benzene rings is 2. The van der Waals surface area contributed by atoms with E-state index in [1.807, 2.05) is 34.9 Å². The Kier molecular flexibility index (Phi) is 7.14. The first-order chi connectivity index (χ1) is 18.7. The van der Waals surface area contributed by atoms with Crippen LogP contribution in [0.25, 0.3) is 28.2 Å². The van der Waals surface area contributed by atoms with E-state index in [-0.39, 0.29) is 34.4 Å². The summed E-state index contributed by atoms with van der Waals surface area (Å²) in [5, 5.41) is 9.72. The van der Waals surface area contributed by atoms with Crippen molar-refractivity contribution >= 4 is 28.8 Å². The summed E-state index contributed by atoms with van der Waals surface area (Å²) in [4.78, 5) is 32.5. The molecule has 0 saturated carbocycles. The molecule has 0 radical (unpaired) electrons. The Labute approximate surface area is 229 Å². The van der Waals surface area contributed by atoms with Crippen LogP contribution in [0.15, 0.2) is 69.0 Å². The zero-order chi connectivity index (χ0) is 27.7. The second-order valence-corrected chi connectivity index (χ2v) is 11.0. The van der Waals surface area contributed by atoms with Crippen LogP contribution in [-0.2, 0) is 15.9 Å². The number of hydrogen-bond donors (Lipinski definition) is 1. The summed E-state index contributed by atoms with van der Waals surface area (Å²) in [5.74, 6) is 1.08. The summed E-state index contributed by atoms with van der Waals surface area (Å²) in [6.45, 7) is 10.0. The normalized spacial score (nSPS) is 11.7. The number of nitrogens with zero attached hydrogens (tertiary/aromatic N) is 4. The molecule has 0 aliphatic carbocycles. The zero-order valence-corrected chi connectivity index (χ0v) is 23.3. The number of nitrogens with one attached hydrogen (secondary N) is 1. The van der Waals surface area contributed by atoms with Gasteiger partial charge in [0.15, 0.2) is 11.0 Å². The summed E-state index contributed by atoms with van der Waals surface area (Å²) in [6, 6.07) is 18.2. The summed E-state index contributed by atoms with van der Waals surface area (Å²) < 4.78 is 12.7. The molecule has 0 fully saturated rings. The third-order valence-corrected chi connectivity index (χ3v) is 7.20. The number of aromatic nitrogens is 5. The SMILES string of the molecule is CCOC(=O)c1c(C)oc2nc(CSc3nnc(-c4ccc(C(C)(C)C)cc4)n3-c3ccccc3)[nH]c(=O)c12. The number of esters is 1. The van der Waals surface area contributed by atoms with E-state index in [2.05, 4.69) is 65.2 Å². The highest BCUT2D eigenvalue weighted by molar-refractivity contribution is 7.98. The van der Waals surface area contributed by atoms with Crippen LogP contribution in [-0.4, -0.2) is 37.3 Å². The van der Waals surface area contributed by atoms with Gasteiger partial charge in [-0.15, -0.1) is 10.2 Å². The molecular weight excluding hydrogens is 514 g/mol. The van der Waals surface area contributed by atoms with Crippen LogP contribution in [0.5, 0.6) is 0 Å². The van der Waals surface area contributed by atoms with Gasteiger partial charge in [-0.05, 0) is 37.0 Å². The molecule has 39 heavy (non-hydrogen) atoms. The second kappa shape index (κ2) is 10.5. The number of H-pyrrole nitrogens is 1. The first kappa shape index (κ1) is 26.4. The number of thioether (sulfide) groups is 1. The van der Waals surface area contributed by atoms with E-state index in [4.69, 9.17) is 9.15 Å². The van der Waals surface area contributed by atoms with Crippen LogP contribution in [0.4, 0.5) is 0 Å². The molecule has 1 N–H and O–H groups in total. The Morgan fingerprint density at radius 3 is 2.46 bits per heavy atom. The topological polar surface area (TPSA) is 116 Å². The molecule has 200 valence electrons. The van der Waals surface area contributed by atoms with Gasteiger partial charge in [0.25, 0.3) is 5.56 Å². The molecule has 0 aliphatic rings. The smallest absolute Gasteiger partial charge is 0.342 e. The highest BCUT2D eigenvalue weighted by Crippen LogP contribution is 2.31. The Morgan fingerprint density at radius 2 is 1.79 bits per heavy atom.